The summed E-state index contributed by atoms with van der Waals surface area (Å²) in [5.41, 5.74) is 0.622. The number of rotatable bonds is 4. The Morgan fingerprint density at radius 1 is 1.12 bits per heavy atom. The Morgan fingerprint density at radius 2 is 1.84 bits per heavy atom. The van der Waals surface area contributed by atoms with E-state index in [0.29, 0.717) is 11.4 Å². The fourth-order valence-corrected chi connectivity index (χ4v) is 5.93. The van der Waals surface area contributed by atoms with Crippen molar-refractivity contribution in [2.24, 2.45) is 0 Å². The van der Waals surface area contributed by atoms with Gasteiger partial charge in [0, 0.05) is 11.4 Å². The van der Waals surface area contributed by atoms with Crippen molar-refractivity contribution in [3.8, 4) is 0 Å². The third-order valence-electron chi connectivity index (χ3n) is 3.68. The molecule has 2 aromatic carbocycles. The first-order valence-corrected chi connectivity index (χ1v) is 10.7. The molecular formula is C16H14Cl2N2O3S2. The smallest absolute Gasteiger partial charge is 0.244 e. The van der Waals surface area contributed by atoms with Crippen molar-refractivity contribution < 1.29 is 13.2 Å². The van der Waals surface area contributed by atoms with E-state index in [1.807, 2.05) is 6.07 Å². The number of amides is 1. The number of anilines is 1. The van der Waals surface area contributed by atoms with Gasteiger partial charge in [-0.1, -0.05) is 41.4 Å². The Morgan fingerprint density at radius 3 is 2.52 bits per heavy atom. The van der Waals surface area contributed by atoms with Gasteiger partial charge >= 0.3 is 0 Å². The maximum absolute atomic E-state index is 12.9. The molecule has 0 spiro atoms. The zero-order valence-corrected chi connectivity index (χ0v) is 16.0. The van der Waals surface area contributed by atoms with E-state index in [1.165, 1.54) is 34.3 Å². The van der Waals surface area contributed by atoms with Gasteiger partial charge in [-0.3, -0.25) is 4.79 Å². The van der Waals surface area contributed by atoms with Crippen molar-refractivity contribution in [2.75, 3.05) is 16.9 Å². The van der Waals surface area contributed by atoms with Crippen molar-refractivity contribution in [3.63, 3.8) is 0 Å². The van der Waals surface area contributed by atoms with E-state index in [1.54, 1.807) is 24.3 Å². The maximum atomic E-state index is 12.9. The molecule has 0 aliphatic carbocycles. The molecule has 1 amide bonds. The Balaban J connectivity index is 1.85. The molecule has 5 nitrogen and oxygen atoms in total. The van der Waals surface area contributed by atoms with Gasteiger partial charge in [-0.25, -0.2) is 8.42 Å². The fraction of sp³-hybridized carbons (Fsp3) is 0.188. The second-order valence-electron chi connectivity index (χ2n) is 5.34. The summed E-state index contributed by atoms with van der Waals surface area (Å²) >= 11 is 13.2. The van der Waals surface area contributed by atoms with Crippen LogP contribution in [-0.2, 0) is 14.8 Å². The lowest BCUT2D eigenvalue weighted by Crippen LogP contribution is -2.44. The first-order chi connectivity index (χ1) is 11.9. The number of halogens is 2. The molecule has 0 aromatic heterocycles. The van der Waals surface area contributed by atoms with E-state index in [9.17, 15) is 13.2 Å². The molecule has 1 atom stereocenters. The van der Waals surface area contributed by atoms with Crippen molar-refractivity contribution in [1.82, 2.24) is 4.31 Å². The van der Waals surface area contributed by atoms with Crippen LogP contribution in [0.2, 0.25) is 10.0 Å². The number of hydrogen-bond acceptors (Lipinski definition) is 4. The van der Waals surface area contributed by atoms with Crippen molar-refractivity contribution >= 4 is 56.6 Å². The van der Waals surface area contributed by atoms with Gasteiger partial charge in [-0.2, -0.15) is 4.31 Å². The van der Waals surface area contributed by atoms with Crippen LogP contribution in [0.3, 0.4) is 0 Å². The highest BCUT2D eigenvalue weighted by atomic mass is 35.5. The standard InChI is InChI=1S/C16H14Cl2N2O3S2/c17-13-7-6-12(8-14(13)18)25(22,23)20-10-24-9-15(20)16(21)19-11-4-2-1-3-5-11/h1-8,15H,9-10H2,(H,19,21)/t15-/m0/s1. The van der Waals surface area contributed by atoms with Crippen molar-refractivity contribution in [2.45, 2.75) is 10.9 Å². The zero-order chi connectivity index (χ0) is 18.0. The Labute approximate surface area is 160 Å². The molecule has 0 unspecified atom stereocenters. The number of carbonyl (C=O) groups excluding carboxylic acids is 1. The molecule has 0 radical (unpaired) electrons. The monoisotopic (exact) mass is 416 g/mol. The SMILES string of the molecule is O=C(Nc1ccccc1)[C@@H]1CSCN1S(=O)(=O)c1ccc(Cl)c(Cl)c1. The molecule has 0 saturated carbocycles. The number of hydrogen-bond donors (Lipinski definition) is 1. The molecule has 9 heteroatoms. The second kappa shape index (κ2) is 7.55. The Kier molecular flexibility index (Phi) is 5.60. The number of sulfonamides is 1. The summed E-state index contributed by atoms with van der Waals surface area (Å²) in [5.74, 6) is 0.231. The molecule has 2 aromatic rings. The molecule has 1 aliphatic rings. The van der Waals surface area contributed by atoms with Crippen LogP contribution in [-0.4, -0.2) is 36.3 Å². The number of nitrogens with one attached hydrogen (secondary N) is 1. The first-order valence-electron chi connectivity index (χ1n) is 7.30. The van der Waals surface area contributed by atoms with Gasteiger partial charge < -0.3 is 5.32 Å². The van der Waals surface area contributed by atoms with E-state index in [-0.39, 0.29) is 26.7 Å². The molecule has 1 saturated heterocycles. The normalized spacial score (nSPS) is 18.2. The summed E-state index contributed by atoms with van der Waals surface area (Å²) in [5, 5.41) is 3.18. The molecular weight excluding hydrogens is 403 g/mol. The number of nitrogens with zero attached hydrogens (tertiary/aromatic N) is 1. The van der Waals surface area contributed by atoms with Crippen molar-refractivity contribution in [3.05, 3.63) is 58.6 Å². The van der Waals surface area contributed by atoms with Crippen LogP contribution >= 0.6 is 35.0 Å². The fourth-order valence-electron chi connectivity index (χ4n) is 2.39. The average Bonchev–Trinajstić information content (AvgIpc) is 3.09. The van der Waals surface area contributed by atoms with Crippen molar-refractivity contribution in [1.29, 1.82) is 0 Å². The lowest BCUT2D eigenvalue weighted by molar-refractivity contribution is -0.118. The second-order valence-corrected chi connectivity index (χ2v) is 9.04. The van der Waals surface area contributed by atoms with E-state index >= 15 is 0 Å². The summed E-state index contributed by atoms with van der Waals surface area (Å²) in [7, 11) is -3.86. The van der Waals surface area contributed by atoms with Crippen LogP contribution in [0, 0.1) is 0 Å². The highest BCUT2D eigenvalue weighted by Crippen LogP contribution is 2.32. The van der Waals surface area contributed by atoms with Gasteiger partial charge in [0.05, 0.1) is 20.8 Å². The topological polar surface area (TPSA) is 66.5 Å². The zero-order valence-electron chi connectivity index (χ0n) is 12.9. The van der Waals surface area contributed by atoms with Crippen LogP contribution < -0.4 is 5.32 Å². The first kappa shape index (κ1) is 18.5. The third-order valence-corrected chi connectivity index (χ3v) is 7.45. The molecule has 0 bridgehead atoms. The Bertz CT molecular complexity index is 892. The quantitative estimate of drug-likeness (QED) is 0.824. The predicted molar refractivity (Wildman–Crippen MR) is 102 cm³/mol. The van der Waals surface area contributed by atoms with Gasteiger partial charge in [-0.15, -0.1) is 11.8 Å². The minimum absolute atomic E-state index is 0.0157. The third kappa shape index (κ3) is 3.96. The van der Waals surface area contributed by atoms with Crippen LogP contribution in [0.15, 0.2) is 53.4 Å². The molecule has 25 heavy (non-hydrogen) atoms. The van der Waals surface area contributed by atoms with E-state index in [2.05, 4.69) is 5.32 Å². The summed E-state index contributed by atoms with van der Waals surface area (Å²) in [6.07, 6.45) is 0. The van der Waals surface area contributed by atoms with Gasteiger partial charge in [0.25, 0.3) is 0 Å². The highest BCUT2D eigenvalue weighted by Gasteiger charge is 2.40. The molecule has 1 heterocycles. The number of carbonyl (C=O) groups is 1. The van der Waals surface area contributed by atoms with Crippen LogP contribution in [0.25, 0.3) is 0 Å². The van der Waals surface area contributed by atoms with Crippen LogP contribution in [0.5, 0.6) is 0 Å². The van der Waals surface area contributed by atoms with Crippen LogP contribution in [0.1, 0.15) is 0 Å². The minimum Gasteiger partial charge on any atom is -0.325 e. The van der Waals surface area contributed by atoms with Crippen LogP contribution in [0.4, 0.5) is 5.69 Å². The summed E-state index contributed by atoms with van der Waals surface area (Å²) in [4.78, 5) is 12.6. The number of benzene rings is 2. The van der Waals surface area contributed by atoms with Gasteiger partial charge in [-0.05, 0) is 30.3 Å². The number of thioether (sulfide) groups is 1. The molecule has 132 valence electrons. The lowest BCUT2D eigenvalue weighted by atomic mass is 10.3. The van der Waals surface area contributed by atoms with E-state index < -0.39 is 16.1 Å². The van der Waals surface area contributed by atoms with Gasteiger partial charge in [0.2, 0.25) is 15.9 Å². The summed E-state index contributed by atoms with van der Waals surface area (Å²) in [6, 6.07) is 12.3. The average molecular weight is 417 g/mol. The number of para-hydroxylation sites is 1. The molecule has 1 fully saturated rings. The minimum atomic E-state index is -3.86. The largest absolute Gasteiger partial charge is 0.325 e. The van der Waals surface area contributed by atoms with E-state index in [0.717, 1.165) is 0 Å². The Hall–Kier alpha value is -1.25. The van der Waals surface area contributed by atoms with Gasteiger partial charge in [0.1, 0.15) is 6.04 Å². The maximum Gasteiger partial charge on any atom is 0.244 e. The predicted octanol–water partition coefficient (Wildman–Crippen LogP) is 3.70. The molecule has 1 N–H and O–H groups in total. The summed E-state index contributed by atoms with van der Waals surface area (Å²) in [6.45, 7) is 0. The molecule has 3 rings (SSSR count). The van der Waals surface area contributed by atoms with Gasteiger partial charge in [0.15, 0.2) is 0 Å². The lowest BCUT2D eigenvalue weighted by Gasteiger charge is -2.22. The highest BCUT2D eigenvalue weighted by molar-refractivity contribution is 8.00. The molecule has 1 aliphatic heterocycles. The summed E-state index contributed by atoms with van der Waals surface area (Å²) < 4.78 is 27.0. The van der Waals surface area contributed by atoms with E-state index in [4.69, 9.17) is 23.2 Å².